The van der Waals surface area contributed by atoms with Crippen LogP contribution in [0.1, 0.15) is 12.7 Å². The van der Waals surface area contributed by atoms with Crippen molar-refractivity contribution in [3.8, 4) is 11.4 Å². The summed E-state index contributed by atoms with van der Waals surface area (Å²) in [5, 5.41) is 11.8. The summed E-state index contributed by atoms with van der Waals surface area (Å²) >= 11 is 0. The van der Waals surface area contributed by atoms with Gasteiger partial charge < -0.3 is 15.4 Å². The van der Waals surface area contributed by atoms with Crippen LogP contribution < -0.4 is 10.6 Å². The second kappa shape index (κ2) is 7.16. The van der Waals surface area contributed by atoms with Crippen LogP contribution in [0, 0.1) is 0 Å². The molecule has 2 rings (SSSR count). The number of aromatic nitrogens is 4. The highest BCUT2D eigenvalue weighted by molar-refractivity contribution is 5.85. The first-order valence-electron chi connectivity index (χ1n) is 6.54. The molecule has 2 heterocycles. The molecule has 0 spiro atoms. The van der Waals surface area contributed by atoms with Crippen LogP contribution in [0.25, 0.3) is 11.4 Å². The Balaban J connectivity index is 1.88. The number of rotatable bonds is 5. The van der Waals surface area contributed by atoms with E-state index in [1.54, 1.807) is 31.5 Å². The van der Waals surface area contributed by atoms with Gasteiger partial charge in [-0.05, 0) is 19.1 Å². The molecule has 0 aliphatic heterocycles. The number of alkyl carbamates (subject to hydrolysis) is 1. The van der Waals surface area contributed by atoms with E-state index in [9.17, 15) is 9.59 Å². The van der Waals surface area contributed by atoms with Crippen LogP contribution in [0.4, 0.5) is 4.79 Å². The summed E-state index contributed by atoms with van der Waals surface area (Å²) in [6.45, 7) is 1.72. The lowest BCUT2D eigenvalue weighted by atomic mass is 10.2. The van der Waals surface area contributed by atoms with Gasteiger partial charge in [-0.3, -0.25) is 14.9 Å². The van der Waals surface area contributed by atoms with Crippen LogP contribution in [0.5, 0.6) is 0 Å². The monoisotopic (exact) mass is 304 g/mol. The van der Waals surface area contributed by atoms with E-state index in [4.69, 9.17) is 0 Å². The molecule has 0 saturated carbocycles. The fourth-order valence-corrected chi connectivity index (χ4v) is 1.63. The van der Waals surface area contributed by atoms with Crippen molar-refractivity contribution in [2.75, 3.05) is 7.11 Å². The van der Waals surface area contributed by atoms with Gasteiger partial charge in [-0.25, -0.2) is 9.78 Å². The predicted octanol–water partition coefficient (Wildman–Crippen LogP) is 0.227. The van der Waals surface area contributed by atoms with Crippen molar-refractivity contribution in [1.29, 1.82) is 0 Å². The number of ether oxygens (including phenoxy) is 1. The minimum atomic E-state index is -0.713. The first kappa shape index (κ1) is 15.4. The van der Waals surface area contributed by atoms with Gasteiger partial charge in [-0.15, -0.1) is 0 Å². The zero-order valence-corrected chi connectivity index (χ0v) is 12.2. The van der Waals surface area contributed by atoms with Gasteiger partial charge in [0.15, 0.2) is 5.82 Å². The van der Waals surface area contributed by atoms with Gasteiger partial charge in [-0.1, -0.05) is 0 Å². The van der Waals surface area contributed by atoms with E-state index in [1.807, 2.05) is 0 Å². The molecule has 0 aliphatic rings. The first-order valence-corrected chi connectivity index (χ1v) is 6.54. The highest BCUT2D eigenvalue weighted by Crippen LogP contribution is 2.12. The maximum Gasteiger partial charge on any atom is 0.407 e. The Morgan fingerprint density at radius 2 is 2.09 bits per heavy atom. The van der Waals surface area contributed by atoms with E-state index < -0.39 is 12.1 Å². The maximum atomic E-state index is 11.8. The summed E-state index contributed by atoms with van der Waals surface area (Å²) in [6.07, 6.45) is 2.63. The Hall–Kier alpha value is -2.97. The second-order valence-electron chi connectivity index (χ2n) is 4.42. The molecule has 22 heavy (non-hydrogen) atoms. The van der Waals surface area contributed by atoms with Crippen molar-refractivity contribution in [3.63, 3.8) is 0 Å². The quantitative estimate of drug-likeness (QED) is 0.726. The zero-order chi connectivity index (χ0) is 15.9. The van der Waals surface area contributed by atoms with Crippen LogP contribution in [-0.4, -0.2) is 45.3 Å². The smallest absolute Gasteiger partial charge is 0.407 e. The Kier molecular flexibility index (Phi) is 5.02. The van der Waals surface area contributed by atoms with Gasteiger partial charge in [0.25, 0.3) is 0 Å². The number of carbonyl (C=O) groups is 2. The van der Waals surface area contributed by atoms with E-state index in [0.29, 0.717) is 11.6 Å². The molecule has 2 aromatic heterocycles. The third-order valence-electron chi connectivity index (χ3n) is 2.81. The Labute approximate surface area is 126 Å². The highest BCUT2D eigenvalue weighted by Gasteiger charge is 2.16. The number of carbonyl (C=O) groups excluding carboxylic acids is 2. The van der Waals surface area contributed by atoms with Gasteiger partial charge in [0.05, 0.1) is 13.7 Å². The van der Waals surface area contributed by atoms with Crippen molar-refractivity contribution < 1.29 is 14.3 Å². The van der Waals surface area contributed by atoms with Gasteiger partial charge >= 0.3 is 6.09 Å². The first-order chi connectivity index (χ1) is 10.6. The van der Waals surface area contributed by atoms with Crippen molar-refractivity contribution >= 4 is 12.0 Å². The second-order valence-corrected chi connectivity index (χ2v) is 4.42. The number of amides is 2. The zero-order valence-electron chi connectivity index (χ0n) is 12.2. The molecular formula is C13H16N6O3. The summed E-state index contributed by atoms with van der Waals surface area (Å²) in [7, 11) is 1.23. The van der Waals surface area contributed by atoms with Crippen LogP contribution in [0.15, 0.2) is 24.5 Å². The molecule has 0 radical (unpaired) electrons. The Morgan fingerprint density at radius 3 is 2.77 bits per heavy atom. The van der Waals surface area contributed by atoms with Crippen molar-refractivity contribution in [2.24, 2.45) is 0 Å². The van der Waals surface area contributed by atoms with Crippen molar-refractivity contribution in [2.45, 2.75) is 19.5 Å². The number of pyridine rings is 1. The molecule has 0 saturated heterocycles. The van der Waals surface area contributed by atoms with Gasteiger partial charge in [-0.2, -0.15) is 5.10 Å². The normalized spacial score (nSPS) is 11.5. The lowest BCUT2D eigenvalue weighted by Gasteiger charge is -2.12. The summed E-state index contributed by atoms with van der Waals surface area (Å²) in [5.41, 5.74) is 0.824. The minimum Gasteiger partial charge on any atom is -0.453 e. The third-order valence-corrected chi connectivity index (χ3v) is 2.81. The molecule has 9 nitrogen and oxygen atoms in total. The summed E-state index contributed by atoms with van der Waals surface area (Å²) in [4.78, 5) is 31.0. The van der Waals surface area contributed by atoms with E-state index >= 15 is 0 Å². The number of H-pyrrole nitrogens is 1. The number of nitrogens with one attached hydrogen (secondary N) is 3. The molecule has 0 fully saturated rings. The molecule has 1 unspecified atom stereocenters. The summed E-state index contributed by atoms with van der Waals surface area (Å²) in [5.74, 6) is 0.671. The van der Waals surface area contributed by atoms with Gasteiger partial charge in [0, 0.05) is 18.0 Å². The van der Waals surface area contributed by atoms with Crippen molar-refractivity contribution in [3.05, 3.63) is 30.4 Å². The standard InChI is InChI=1S/C13H16N6O3/c1-8(16-13(21)22-2)12(20)15-7-10-17-11(19-18-10)9-3-5-14-6-4-9/h3-6,8H,7H2,1-2H3,(H,15,20)(H,16,21)(H,17,18,19). The van der Waals surface area contributed by atoms with E-state index in [0.717, 1.165) is 5.56 Å². The topological polar surface area (TPSA) is 122 Å². The molecule has 0 aromatic carbocycles. The summed E-state index contributed by atoms with van der Waals surface area (Å²) < 4.78 is 4.42. The Morgan fingerprint density at radius 1 is 1.36 bits per heavy atom. The number of hydrogen-bond acceptors (Lipinski definition) is 6. The lowest BCUT2D eigenvalue weighted by molar-refractivity contribution is -0.122. The van der Waals surface area contributed by atoms with Crippen LogP contribution in [0.2, 0.25) is 0 Å². The van der Waals surface area contributed by atoms with Crippen molar-refractivity contribution in [1.82, 2.24) is 30.8 Å². The fraction of sp³-hybridized carbons (Fsp3) is 0.308. The number of aromatic amines is 1. The average Bonchev–Trinajstić information content (AvgIpc) is 3.02. The van der Waals surface area contributed by atoms with Crippen LogP contribution in [-0.2, 0) is 16.1 Å². The lowest BCUT2D eigenvalue weighted by Crippen LogP contribution is -2.44. The van der Waals surface area contributed by atoms with Gasteiger partial charge in [0.1, 0.15) is 11.9 Å². The van der Waals surface area contributed by atoms with Gasteiger partial charge in [0.2, 0.25) is 5.91 Å². The summed E-state index contributed by atoms with van der Waals surface area (Å²) in [6, 6.07) is 2.86. The fourth-order valence-electron chi connectivity index (χ4n) is 1.63. The molecule has 3 N–H and O–H groups in total. The third kappa shape index (κ3) is 4.01. The molecule has 9 heteroatoms. The predicted molar refractivity (Wildman–Crippen MR) is 76.5 cm³/mol. The number of hydrogen-bond donors (Lipinski definition) is 3. The van der Waals surface area contributed by atoms with E-state index in [1.165, 1.54) is 7.11 Å². The molecule has 1 atom stereocenters. The van der Waals surface area contributed by atoms with Crippen LogP contribution in [0.3, 0.4) is 0 Å². The van der Waals surface area contributed by atoms with E-state index in [-0.39, 0.29) is 12.5 Å². The minimum absolute atomic E-state index is 0.171. The molecular weight excluding hydrogens is 288 g/mol. The van der Waals surface area contributed by atoms with E-state index in [2.05, 4.69) is 35.5 Å². The number of nitrogens with zero attached hydrogens (tertiary/aromatic N) is 3. The highest BCUT2D eigenvalue weighted by atomic mass is 16.5. The molecule has 2 amide bonds. The Bertz CT molecular complexity index is 642. The largest absolute Gasteiger partial charge is 0.453 e. The molecule has 116 valence electrons. The van der Waals surface area contributed by atoms with Crippen LogP contribution >= 0.6 is 0 Å². The SMILES string of the molecule is COC(=O)NC(C)C(=O)NCc1nc(-c2ccncc2)n[nH]1. The average molecular weight is 304 g/mol. The molecule has 0 aliphatic carbocycles. The molecule has 0 bridgehead atoms. The number of methoxy groups -OCH3 is 1. The molecule has 2 aromatic rings. The maximum absolute atomic E-state index is 11.8.